The summed E-state index contributed by atoms with van der Waals surface area (Å²) in [6, 6.07) is 0. The highest BCUT2D eigenvalue weighted by Crippen LogP contribution is 2.20. The van der Waals surface area contributed by atoms with E-state index in [0.717, 1.165) is 168 Å². The van der Waals surface area contributed by atoms with Crippen molar-refractivity contribution in [2.75, 3.05) is 99.2 Å². The Balaban J connectivity index is -0.000000716. The number of carbonyl (C=O) groups is 2. The Kier molecular flexibility index (Phi) is 86.4. The number of carbonyl (C=O) groups excluding carboxylic acids is 2. The summed E-state index contributed by atoms with van der Waals surface area (Å²) in [5.41, 5.74) is 0. The van der Waals surface area contributed by atoms with E-state index in [2.05, 4.69) is 43.7 Å². The molecule has 606 valence electrons. The Hall–Kier alpha value is -1.35. The van der Waals surface area contributed by atoms with Crippen molar-refractivity contribution in [1.29, 1.82) is 0 Å². The van der Waals surface area contributed by atoms with Gasteiger partial charge < -0.3 is 96.3 Å². The summed E-state index contributed by atoms with van der Waals surface area (Å²) in [4.78, 5) is 36.4. The van der Waals surface area contributed by atoms with Gasteiger partial charge in [-0.3, -0.25) is 9.59 Å². The van der Waals surface area contributed by atoms with E-state index < -0.39 is 48.4 Å². The lowest BCUT2D eigenvalue weighted by Gasteiger charge is -2.33. The molecule has 0 spiro atoms. The summed E-state index contributed by atoms with van der Waals surface area (Å²) in [7, 11) is 0.479. The van der Waals surface area contributed by atoms with Crippen molar-refractivity contribution in [3.8, 4) is 0 Å². The van der Waals surface area contributed by atoms with Crippen molar-refractivity contribution in [3.05, 3.63) is 0 Å². The quantitative estimate of drug-likeness (QED) is 0.0200. The van der Waals surface area contributed by atoms with Crippen LogP contribution in [0.15, 0.2) is 0 Å². The molecule has 0 aromatic carbocycles. The zero-order valence-electron chi connectivity index (χ0n) is 68.3. The van der Waals surface area contributed by atoms with Gasteiger partial charge >= 0.3 is 42.3 Å². The molecule has 0 saturated heterocycles. The average molecular weight is 1460 g/mol. The van der Waals surface area contributed by atoms with Crippen LogP contribution in [0.4, 0.5) is 0 Å². The number of aliphatic hydroxyl groups excluding tert-OH is 2. The van der Waals surface area contributed by atoms with E-state index in [4.69, 9.17) is 5.11 Å². The Labute approximate surface area is 631 Å². The third-order valence-electron chi connectivity index (χ3n) is 20.5. The molecule has 0 aliphatic rings. The lowest BCUT2D eigenvalue weighted by Crippen LogP contribution is -2.47. The lowest BCUT2D eigenvalue weighted by atomic mass is 9.80. The maximum atomic E-state index is 12.5. The molecule has 0 fully saturated rings. The van der Waals surface area contributed by atoms with E-state index >= 15 is 0 Å². The second-order valence-corrected chi connectivity index (χ2v) is 30.1. The number of hydrogen-bond acceptors (Lipinski definition) is 16. The molecule has 0 bridgehead atoms. The van der Waals surface area contributed by atoms with E-state index in [0.29, 0.717) is 25.7 Å². The van der Waals surface area contributed by atoms with E-state index in [1.54, 1.807) is 27.3 Å². The predicted octanol–water partition coefficient (Wildman–Crippen LogP) is 11.2. The number of amides is 2. The Morgan fingerprint density at radius 1 is 0.314 bits per heavy atom. The number of nitrogens with zero attached hydrogens (tertiary/aromatic N) is 6. The van der Waals surface area contributed by atoms with Crippen molar-refractivity contribution in [2.45, 2.75) is 369 Å². The van der Waals surface area contributed by atoms with Gasteiger partial charge in [-0.1, -0.05) is 232 Å². The summed E-state index contributed by atoms with van der Waals surface area (Å²) < 4.78 is 0. The number of aliphatic hydroxyl groups is 2. The van der Waals surface area contributed by atoms with Crippen molar-refractivity contribution in [1.82, 2.24) is 39.5 Å². The molecule has 21 nitrogen and oxygen atoms in total. The van der Waals surface area contributed by atoms with Crippen LogP contribution in [0.1, 0.15) is 322 Å². The minimum atomic E-state index is -0.609. The monoisotopic (exact) mass is 1460 g/mol. The van der Waals surface area contributed by atoms with Crippen LogP contribution in [0.5, 0.6) is 0 Å². The summed E-state index contributed by atoms with van der Waals surface area (Å²) in [6.45, 7) is 24.2. The molecular formula is C75H170B6N8O13. The standard InChI is InChI=1S/C45H103B6N7O7.C30H61NO3.3H2O/c1-10-11-12-13-14-15-16-17-18-19-23-32-45(59)52-33-24-21-20-22-31-44(42-57(50(6)64)38-27-25-36-55(48(4)62)40-29-34-53(8)46(2)60)43-58(51(7)65)39-28-26-37-56(49(5)63)41-30-35-54(9)47(3)61;1-2-3-4-5-6-7-8-9-10-11-12-13-14-15-16-17-18-19-20-21-22-23-27-31-30(34)25-24-29(33)26-28-32;;;/h44,60-65H,10-43H2,1-9H3,(H,52,59);29,32-33H,2-28H2,1H3,(H,31,34);3*1H2/t;29-;;;/m.0.../s1. The first-order chi connectivity index (χ1) is 47.7. The summed E-state index contributed by atoms with van der Waals surface area (Å²) >= 11 is 0. The van der Waals surface area contributed by atoms with E-state index in [9.17, 15) is 44.8 Å². The molecule has 0 heterocycles. The van der Waals surface area contributed by atoms with Crippen molar-refractivity contribution >= 4 is 54.1 Å². The first-order valence-electron chi connectivity index (χ1n) is 42.0. The summed E-state index contributed by atoms with van der Waals surface area (Å²) in [6.07, 6.45) is 56.2. The molecule has 0 unspecified atom stereocenters. The van der Waals surface area contributed by atoms with Crippen LogP contribution in [0, 0.1) is 5.92 Å². The molecule has 0 aromatic heterocycles. The highest BCUT2D eigenvalue weighted by molar-refractivity contribution is 6.46. The van der Waals surface area contributed by atoms with Crippen LogP contribution >= 0.6 is 0 Å². The van der Waals surface area contributed by atoms with Crippen LogP contribution in [0.2, 0.25) is 40.9 Å². The average Bonchev–Trinajstić information content (AvgIpc) is 0.901. The molecule has 0 aromatic rings. The van der Waals surface area contributed by atoms with Crippen molar-refractivity contribution in [3.63, 3.8) is 0 Å². The Morgan fingerprint density at radius 3 is 0.873 bits per heavy atom. The number of nitrogens with one attached hydrogen (secondary N) is 2. The van der Waals surface area contributed by atoms with Crippen molar-refractivity contribution in [2.24, 2.45) is 5.92 Å². The van der Waals surface area contributed by atoms with Gasteiger partial charge in [-0.15, -0.1) is 0 Å². The maximum Gasteiger partial charge on any atom is 0.376 e. The minimum absolute atomic E-state index is 0. The lowest BCUT2D eigenvalue weighted by molar-refractivity contribution is -0.122. The molecule has 27 heteroatoms. The number of unbranched alkanes of at least 4 members (excludes halogenated alkanes) is 36. The van der Waals surface area contributed by atoms with Crippen molar-refractivity contribution < 1.29 is 66.4 Å². The fourth-order valence-electron chi connectivity index (χ4n) is 13.2. The number of rotatable bonds is 75. The first kappa shape index (κ1) is 109. The zero-order chi connectivity index (χ0) is 73.8. The predicted molar refractivity (Wildman–Crippen MR) is 441 cm³/mol. The Morgan fingerprint density at radius 2 is 0.578 bits per heavy atom. The third-order valence-corrected chi connectivity index (χ3v) is 20.5. The highest BCUT2D eigenvalue weighted by atomic mass is 16.3. The molecule has 0 saturated carbocycles. The molecule has 0 aliphatic heterocycles. The van der Waals surface area contributed by atoms with Crippen LogP contribution in [0.3, 0.4) is 0 Å². The molecule has 2 amide bonds. The number of hydrogen-bond donors (Lipinski definition) is 10. The molecule has 0 radical (unpaired) electrons. The highest BCUT2D eigenvalue weighted by Gasteiger charge is 2.26. The SMILES string of the molecule is CCCCCCCCCCCCCC(=O)NCCCCCCC(CN(CCCCN(CCCN(C)B(C)O)B(C)O)B(C)O)CN(CCCCN(CCCN(C)B(C)O)B(C)O)B(C)O.CCCCCCCCCCCCCCCCCCCCCCCCNC(=O)CC[C@H](O)CCO.O.O.O. The van der Waals surface area contributed by atoms with Gasteiger partial charge in [-0.05, 0) is 203 Å². The van der Waals surface area contributed by atoms with Crippen LogP contribution in [-0.4, -0.2) is 245 Å². The topological polar surface area (TPSA) is 334 Å². The zero-order valence-corrected chi connectivity index (χ0v) is 68.3. The summed E-state index contributed by atoms with van der Waals surface area (Å²) in [5.74, 6) is 0.431. The molecule has 0 rings (SSSR count). The molecule has 1 atom stereocenters. The van der Waals surface area contributed by atoms with Gasteiger partial charge in [0, 0.05) is 32.5 Å². The van der Waals surface area contributed by atoms with Crippen LogP contribution in [0.25, 0.3) is 0 Å². The minimum Gasteiger partial charge on any atom is -0.437 e. The van der Waals surface area contributed by atoms with Gasteiger partial charge in [-0.2, -0.15) is 0 Å². The Bertz CT molecular complexity index is 1660. The second-order valence-electron chi connectivity index (χ2n) is 30.1. The van der Waals surface area contributed by atoms with E-state index in [-0.39, 0.29) is 40.8 Å². The van der Waals surface area contributed by atoms with E-state index in [1.165, 1.54) is 193 Å². The first-order valence-corrected chi connectivity index (χ1v) is 42.0. The van der Waals surface area contributed by atoms with Gasteiger partial charge in [-0.25, -0.2) is 0 Å². The van der Waals surface area contributed by atoms with Gasteiger partial charge in [0.25, 0.3) is 0 Å². The van der Waals surface area contributed by atoms with Crippen LogP contribution < -0.4 is 10.6 Å². The molecule has 0 aliphatic carbocycles. The van der Waals surface area contributed by atoms with Gasteiger partial charge in [0.05, 0.1) is 6.10 Å². The fraction of sp³-hybridized carbons (Fsp3) is 0.973. The third kappa shape index (κ3) is 74.1. The second kappa shape index (κ2) is 80.7. The molecular weight excluding hydrogens is 1290 g/mol. The van der Waals surface area contributed by atoms with Gasteiger partial charge in [0.1, 0.15) is 0 Å². The molecule has 102 heavy (non-hydrogen) atoms. The molecule has 16 N–H and O–H groups in total. The largest absolute Gasteiger partial charge is 0.437 e. The fourth-order valence-corrected chi connectivity index (χ4v) is 13.2. The van der Waals surface area contributed by atoms with Gasteiger partial charge in [0.2, 0.25) is 11.8 Å². The van der Waals surface area contributed by atoms with Crippen LogP contribution in [-0.2, 0) is 9.59 Å². The smallest absolute Gasteiger partial charge is 0.376 e. The maximum absolute atomic E-state index is 12.5. The normalized spacial score (nSPS) is 11.7. The van der Waals surface area contributed by atoms with Gasteiger partial charge in [0.15, 0.2) is 0 Å². The van der Waals surface area contributed by atoms with E-state index in [1.807, 2.05) is 37.4 Å². The summed E-state index contributed by atoms with van der Waals surface area (Å²) in [5, 5.41) is 86.8.